The number of nitrogens with zero attached hydrogens (tertiary/aromatic N) is 3. The van der Waals surface area contributed by atoms with Crippen molar-refractivity contribution in [2.45, 2.75) is 19.5 Å². The fourth-order valence-electron chi connectivity index (χ4n) is 3.37. The lowest BCUT2D eigenvalue weighted by Crippen LogP contribution is -2.32. The van der Waals surface area contributed by atoms with Crippen LogP contribution >= 0.6 is 11.6 Å². The monoisotopic (exact) mass is 386 g/mol. The Morgan fingerprint density at radius 2 is 1.96 bits per heavy atom. The molecule has 2 aromatic heterocycles. The third kappa shape index (κ3) is 3.48. The molecule has 4 rings (SSSR count). The second-order valence-electron chi connectivity index (χ2n) is 6.44. The Hall–Kier alpha value is -2.64. The fraction of sp³-hybridized carbons (Fsp3) is 0.316. The zero-order valence-electron chi connectivity index (χ0n) is 15.1. The molecule has 0 bridgehead atoms. The van der Waals surface area contributed by atoms with Gasteiger partial charge in [0, 0.05) is 19.2 Å². The molecule has 3 aromatic rings. The molecule has 1 N–H and O–H groups in total. The van der Waals surface area contributed by atoms with Gasteiger partial charge < -0.3 is 14.5 Å². The van der Waals surface area contributed by atoms with E-state index in [0.29, 0.717) is 46.5 Å². The van der Waals surface area contributed by atoms with Crippen LogP contribution in [0.15, 0.2) is 29.1 Å². The van der Waals surface area contributed by atoms with Crippen LogP contribution in [0.25, 0.3) is 10.9 Å². The van der Waals surface area contributed by atoms with Crippen LogP contribution in [0.1, 0.15) is 17.1 Å². The summed E-state index contributed by atoms with van der Waals surface area (Å²) >= 11 is 6.01. The summed E-state index contributed by atoms with van der Waals surface area (Å²) in [4.78, 5) is 26.6. The number of methoxy groups -OCH3 is 2. The van der Waals surface area contributed by atoms with Gasteiger partial charge >= 0.3 is 0 Å². The van der Waals surface area contributed by atoms with Crippen LogP contribution in [0.5, 0.6) is 11.5 Å². The zero-order chi connectivity index (χ0) is 19.0. The smallest absolute Gasteiger partial charge is 0.258 e. The molecule has 0 saturated carbocycles. The molecule has 0 atom stereocenters. The number of rotatable bonds is 4. The summed E-state index contributed by atoms with van der Waals surface area (Å²) in [5.41, 5.74) is 2.57. The van der Waals surface area contributed by atoms with Gasteiger partial charge in [0.05, 0.1) is 37.4 Å². The molecule has 27 heavy (non-hydrogen) atoms. The van der Waals surface area contributed by atoms with Crippen molar-refractivity contribution < 1.29 is 9.47 Å². The summed E-state index contributed by atoms with van der Waals surface area (Å²) in [5.74, 6) is 1.64. The summed E-state index contributed by atoms with van der Waals surface area (Å²) in [7, 11) is 3.09. The highest BCUT2D eigenvalue weighted by atomic mass is 35.5. The standard InChI is InChI=1S/C19H19ClN4O3/c1-26-15-7-12-13(8-16(15)27-2)22-18(23-19(12)25)10-24-6-5-11-3-4-17(20)21-14(11)9-24/h3-4,7-8H,5-6,9-10H2,1-2H3,(H,22,23,25). The number of aromatic nitrogens is 3. The molecular formula is C19H19ClN4O3. The van der Waals surface area contributed by atoms with Crippen molar-refractivity contribution in [2.24, 2.45) is 0 Å². The van der Waals surface area contributed by atoms with Crippen LogP contribution in [0.4, 0.5) is 0 Å². The number of hydrogen-bond donors (Lipinski definition) is 1. The molecule has 7 nitrogen and oxygen atoms in total. The number of halogens is 1. The summed E-state index contributed by atoms with van der Waals surface area (Å²) in [6.45, 7) is 2.06. The van der Waals surface area contributed by atoms with Gasteiger partial charge in [-0.15, -0.1) is 0 Å². The average molecular weight is 387 g/mol. The molecule has 1 aliphatic heterocycles. The van der Waals surface area contributed by atoms with Gasteiger partial charge in [0.1, 0.15) is 11.0 Å². The molecular weight excluding hydrogens is 368 g/mol. The molecule has 8 heteroatoms. The van der Waals surface area contributed by atoms with E-state index in [0.717, 1.165) is 18.7 Å². The Labute approximate surface area is 160 Å². The minimum atomic E-state index is -0.200. The van der Waals surface area contributed by atoms with E-state index in [-0.39, 0.29) is 5.56 Å². The molecule has 0 aliphatic carbocycles. The molecule has 0 amide bonds. The highest BCUT2D eigenvalue weighted by molar-refractivity contribution is 6.29. The maximum Gasteiger partial charge on any atom is 0.258 e. The van der Waals surface area contributed by atoms with E-state index in [4.69, 9.17) is 21.1 Å². The summed E-state index contributed by atoms with van der Waals surface area (Å²) in [6.07, 6.45) is 0.891. The number of pyridine rings is 1. The van der Waals surface area contributed by atoms with Crippen LogP contribution in [-0.4, -0.2) is 40.6 Å². The molecule has 1 aliphatic rings. The number of nitrogens with one attached hydrogen (secondary N) is 1. The van der Waals surface area contributed by atoms with Crippen LogP contribution in [0.3, 0.4) is 0 Å². The van der Waals surface area contributed by atoms with Gasteiger partial charge in [-0.3, -0.25) is 9.69 Å². The van der Waals surface area contributed by atoms with Gasteiger partial charge in [0.25, 0.3) is 5.56 Å². The van der Waals surface area contributed by atoms with Gasteiger partial charge in [-0.25, -0.2) is 9.97 Å². The number of benzene rings is 1. The van der Waals surface area contributed by atoms with Crippen molar-refractivity contribution in [3.63, 3.8) is 0 Å². The number of H-pyrrole nitrogens is 1. The topological polar surface area (TPSA) is 80.3 Å². The van der Waals surface area contributed by atoms with Crippen LogP contribution in [0.2, 0.25) is 5.15 Å². The minimum Gasteiger partial charge on any atom is -0.493 e. The third-order valence-electron chi connectivity index (χ3n) is 4.74. The fourth-order valence-corrected chi connectivity index (χ4v) is 3.54. The summed E-state index contributed by atoms with van der Waals surface area (Å²) < 4.78 is 10.6. The lowest BCUT2D eigenvalue weighted by molar-refractivity contribution is 0.235. The molecule has 0 radical (unpaired) electrons. The van der Waals surface area contributed by atoms with E-state index in [1.54, 1.807) is 19.2 Å². The number of hydrogen-bond acceptors (Lipinski definition) is 6. The maximum absolute atomic E-state index is 12.5. The summed E-state index contributed by atoms with van der Waals surface area (Å²) in [5, 5.41) is 0.961. The zero-order valence-corrected chi connectivity index (χ0v) is 15.8. The van der Waals surface area contributed by atoms with Crippen LogP contribution in [0, 0.1) is 0 Å². The van der Waals surface area contributed by atoms with Crippen molar-refractivity contribution in [2.75, 3.05) is 20.8 Å². The first-order chi connectivity index (χ1) is 13.1. The maximum atomic E-state index is 12.5. The van der Waals surface area contributed by atoms with Gasteiger partial charge in [-0.1, -0.05) is 17.7 Å². The predicted molar refractivity (Wildman–Crippen MR) is 103 cm³/mol. The van der Waals surface area contributed by atoms with Crippen molar-refractivity contribution in [3.8, 4) is 11.5 Å². The van der Waals surface area contributed by atoms with Gasteiger partial charge in [0.15, 0.2) is 11.5 Å². The first-order valence-electron chi connectivity index (χ1n) is 8.59. The first-order valence-corrected chi connectivity index (χ1v) is 8.96. The van der Waals surface area contributed by atoms with Gasteiger partial charge in [-0.05, 0) is 24.1 Å². The second kappa shape index (κ2) is 7.17. The SMILES string of the molecule is COc1cc2nc(CN3CCc4ccc(Cl)nc4C3)[nH]c(=O)c2cc1OC. The molecule has 3 heterocycles. The molecule has 1 aromatic carbocycles. The second-order valence-corrected chi connectivity index (χ2v) is 6.82. The number of aromatic amines is 1. The normalized spacial score (nSPS) is 14.2. The van der Waals surface area contributed by atoms with Crippen molar-refractivity contribution in [3.05, 3.63) is 56.9 Å². The average Bonchev–Trinajstić information content (AvgIpc) is 2.66. The van der Waals surface area contributed by atoms with Gasteiger partial charge in [-0.2, -0.15) is 0 Å². The molecule has 0 unspecified atom stereocenters. The molecule has 0 saturated heterocycles. The highest BCUT2D eigenvalue weighted by Crippen LogP contribution is 2.30. The van der Waals surface area contributed by atoms with Crippen molar-refractivity contribution >= 4 is 22.5 Å². The van der Waals surface area contributed by atoms with E-state index in [9.17, 15) is 4.79 Å². The predicted octanol–water partition coefficient (Wildman–Crippen LogP) is 2.55. The lowest BCUT2D eigenvalue weighted by Gasteiger charge is -2.27. The van der Waals surface area contributed by atoms with E-state index in [1.807, 2.05) is 12.1 Å². The molecule has 140 valence electrons. The number of ether oxygens (including phenoxy) is 2. The van der Waals surface area contributed by atoms with E-state index >= 15 is 0 Å². The Kier molecular flexibility index (Phi) is 4.72. The van der Waals surface area contributed by atoms with Crippen molar-refractivity contribution in [1.29, 1.82) is 0 Å². The molecule has 0 spiro atoms. The van der Waals surface area contributed by atoms with E-state index in [2.05, 4.69) is 19.9 Å². The van der Waals surface area contributed by atoms with Crippen molar-refractivity contribution in [1.82, 2.24) is 19.9 Å². The minimum absolute atomic E-state index is 0.200. The number of fused-ring (bicyclic) bond motifs is 2. The largest absolute Gasteiger partial charge is 0.493 e. The third-order valence-corrected chi connectivity index (χ3v) is 4.95. The molecule has 0 fully saturated rings. The lowest BCUT2D eigenvalue weighted by atomic mass is 10.1. The van der Waals surface area contributed by atoms with Crippen LogP contribution in [-0.2, 0) is 19.5 Å². The Balaban J connectivity index is 1.64. The quantitative estimate of drug-likeness (QED) is 0.694. The Morgan fingerprint density at radius 1 is 1.19 bits per heavy atom. The Morgan fingerprint density at radius 3 is 2.74 bits per heavy atom. The Bertz CT molecular complexity index is 1070. The van der Waals surface area contributed by atoms with E-state index in [1.165, 1.54) is 12.7 Å². The first kappa shape index (κ1) is 17.8. The van der Waals surface area contributed by atoms with Crippen LogP contribution < -0.4 is 15.0 Å². The highest BCUT2D eigenvalue weighted by Gasteiger charge is 2.19. The van der Waals surface area contributed by atoms with Gasteiger partial charge in [0.2, 0.25) is 0 Å². The summed E-state index contributed by atoms with van der Waals surface area (Å²) in [6, 6.07) is 7.21. The van der Waals surface area contributed by atoms with E-state index < -0.39 is 0 Å².